The third-order valence-corrected chi connectivity index (χ3v) is 3.18. The SMILES string of the molecule is O=S(=O)(CCCO)Nc1c(F)cc(F)cc1F. The van der Waals surface area contributed by atoms with Crippen molar-refractivity contribution >= 4 is 15.7 Å². The summed E-state index contributed by atoms with van der Waals surface area (Å²) < 4.78 is 63.0. The molecule has 0 aromatic heterocycles. The number of hydrogen-bond donors (Lipinski definition) is 2. The van der Waals surface area contributed by atoms with Crippen LogP contribution in [0.1, 0.15) is 6.42 Å². The second kappa shape index (κ2) is 5.37. The minimum absolute atomic E-state index is 0.0697. The van der Waals surface area contributed by atoms with Crippen molar-refractivity contribution in [2.45, 2.75) is 6.42 Å². The van der Waals surface area contributed by atoms with E-state index < -0.39 is 38.9 Å². The molecular weight excluding hydrogens is 259 g/mol. The predicted molar refractivity (Wildman–Crippen MR) is 55.4 cm³/mol. The largest absolute Gasteiger partial charge is 0.396 e. The van der Waals surface area contributed by atoms with Gasteiger partial charge in [-0.15, -0.1) is 0 Å². The van der Waals surface area contributed by atoms with E-state index in [0.717, 1.165) is 0 Å². The Hall–Kier alpha value is -1.28. The van der Waals surface area contributed by atoms with E-state index in [2.05, 4.69) is 0 Å². The number of hydrogen-bond acceptors (Lipinski definition) is 3. The molecule has 0 aliphatic carbocycles. The second-order valence-corrected chi connectivity index (χ2v) is 5.08. The number of halogens is 3. The molecule has 96 valence electrons. The van der Waals surface area contributed by atoms with Crippen LogP contribution >= 0.6 is 0 Å². The summed E-state index contributed by atoms with van der Waals surface area (Å²) in [5.41, 5.74) is -0.927. The minimum Gasteiger partial charge on any atom is -0.396 e. The lowest BCUT2D eigenvalue weighted by Gasteiger charge is -2.09. The Bertz CT molecular complexity index is 481. The van der Waals surface area contributed by atoms with Gasteiger partial charge in [0, 0.05) is 18.7 Å². The van der Waals surface area contributed by atoms with Gasteiger partial charge in [-0.3, -0.25) is 4.72 Å². The molecule has 0 fully saturated rings. The molecule has 1 rings (SSSR count). The number of anilines is 1. The van der Waals surface area contributed by atoms with Gasteiger partial charge >= 0.3 is 0 Å². The zero-order chi connectivity index (χ0) is 13.1. The highest BCUT2D eigenvalue weighted by Crippen LogP contribution is 2.21. The van der Waals surface area contributed by atoms with Crippen LogP contribution in [0.15, 0.2) is 12.1 Å². The van der Waals surface area contributed by atoms with Crippen LogP contribution in [0.25, 0.3) is 0 Å². The molecule has 17 heavy (non-hydrogen) atoms. The molecule has 0 heterocycles. The summed E-state index contributed by atoms with van der Waals surface area (Å²) in [5.74, 6) is -4.30. The molecular formula is C9H10F3NO3S. The van der Waals surface area contributed by atoms with Crippen molar-refractivity contribution in [1.82, 2.24) is 0 Å². The normalized spacial score (nSPS) is 11.5. The standard InChI is InChI=1S/C9H10F3NO3S/c10-6-4-7(11)9(8(12)5-6)13-17(15,16)3-1-2-14/h4-5,13-14H,1-3H2. The molecule has 0 aliphatic heterocycles. The summed E-state index contributed by atoms with van der Waals surface area (Å²) >= 11 is 0. The van der Waals surface area contributed by atoms with Gasteiger partial charge in [0.05, 0.1) is 5.75 Å². The highest BCUT2D eigenvalue weighted by atomic mass is 32.2. The van der Waals surface area contributed by atoms with E-state index in [0.29, 0.717) is 12.1 Å². The molecule has 4 nitrogen and oxygen atoms in total. The van der Waals surface area contributed by atoms with E-state index in [1.54, 1.807) is 4.72 Å². The van der Waals surface area contributed by atoms with E-state index in [9.17, 15) is 21.6 Å². The molecule has 0 atom stereocenters. The maximum atomic E-state index is 13.1. The van der Waals surface area contributed by atoms with Gasteiger partial charge in [0.15, 0.2) is 11.6 Å². The predicted octanol–water partition coefficient (Wildman–Crippen LogP) is 1.23. The van der Waals surface area contributed by atoms with Gasteiger partial charge in [-0.1, -0.05) is 0 Å². The first-order valence-electron chi connectivity index (χ1n) is 4.61. The van der Waals surface area contributed by atoms with Gasteiger partial charge in [0.25, 0.3) is 0 Å². The minimum atomic E-state index is -3.97. The molecule has 0 amide bonds. The Morgan fingerprint density at radius 1 is 1.18 bits per heavy atom. The van der Waals surface area contributed by atoms with Crippen LogP contribution in [0.5, 0.6) is 0 Å². The van der Waals surface area contributed by atoms with Gasteiger partial charge in [-0.2, -0.15) is 0 Å². The maximum absolute atomic E-state index is 13.1. The number of benzene rings is 1. The van der Waals surface area contributed by atoms with Gasteiger partial charge < -0.3 is 5.11 Å². The van der Waals surface area contributed by atoms with E-state index in [-0.39, 0.29) is 13.0 Å². The third kappa shape index (κ3) is 3.90. The molecule has 0 aliphatic rings. The topological polar surface area (TPSA) is 66.4 Å². The lowest BCUT2D eigenvalue weighted by molar-refractivity contribution is 0.295. The smallest absolute Gasteiger partial charge is 0.232 e. The van der Waals surface area contributed by atoms with E-state index in [4.69, 9.17) is 5.11 Å². The summed E-state index contributed by atoms with van der Waals surface area (Å²) in [6.07, 6.45) is -0.0697. The Morgan fingerprint density at radius 3 is 2.18 bits per heavy atom. The second-order valence-electron chi connectivity index (χ2n) is 3.24. The van der Waals surface area contributed by atoms with Crippen molar-refractivity contribution < 1.29 is 26.7 Å². The number of aliphatic hydroxyl groups is 1. The fourth-order valence-electron chi connectivity index (χ4n) is 1.10. The number of nitrogens with one attached hydrogen (secondary N) is 1. The van der Waals surface area contributed by atoms with Crippen molar-refractivity contribution in [3.05, 3.63) is 29.6 Å². The van der Waals surface area contributed by atoms with Gasteiger partial charge in [0.2, 0.25) is 10.0 Å². The Balaban J connectivity index is 2.96. The molecule has 0 saturated carbocycles. The first-order valence-corrected chi connectivity index (χ1v) is 6.27. The van der Waals surface area contributed by atoms with Crippen molar-refractivity contribution in [2.24, 2.45) is 0 Å². The van der Waals surface area contributed by atoms with Crippen molar-refractivity contribution in [3.63, 3.8) is 0 Å². The first kappa shape index (κ1) is 13.8. The number of aliphatic hydroxyl groups excluding tert-OH is 1. The van der Waals surface area contributed by atoms with Crippen LogP contribution in [0.2, 0.25) is 0 Å². The highest BCUT2D eigenvalue weighted by Gasteiger charge is 2.17. The molecule has 8 heteroatoms. The average Bonchev–Trinajstić information content (AvgIpc) is 2.21. The van der Waals surface area contributed by atoms with Gasteiger partial charge in [0.1, 0.15) is 11.5 Å². The molecule has 1 aromatic carbocycles. The number of rotatable bonds is 5. The van der Waals surface area contributed by atoms with Crippen LogP contribution in [0.4, 0.5) is 18.9 Å². The monoisotopic (exact) mass is 269 g/mol. The summed E-state index contributed by atoms with van der Waals surface area (Å²) in [6, 6.07) is 0.736. The molecule has 0 saturated heterocycles. The molecule has 2 N–H and O–H groups in total. The van der Waals surface area contributed by atoms with Crippen LogP contribution in [-0.4, -0.2) is 25.9 Å². The molecule has 0 unspecified atom stereocenters. The molecule has 1 aromatic rings. The zero-order valence-electron chi connectivity index (χ0n) is 8.58. The summed E-state index contributed by atoms with van der Waals surface area (Å²) in [5, 5.41) is 8.45. The molecule has 0 bridgehead atoms. The van der Waals surface area contributed by atoms with Crippen LogP contribution in [0.3, 0.4) is 0 Å². The lowest BCUT2D eigenvalue weighted by Crippen LogP contribution is -2.19. The van der Waals surface area contributed by atoms with Crippen molar-refractivity contribution in [2.75, 3.05) is 17.1 Å². The maximum Gasteiger partial charge on any atom is 0.232 e. The average molecular weight is 269 g/mol. The van der Waals surface area contributed by atoms with E-state index in [1.165, 1.54) is 0 Å². The Morgan fingerprint density at radius 2 is 1.71 bits per heavy atom. The van der Waals surface area contributed by atoms with Crippen LogP contribution in [-0.2, 0) is 10.0 Å². The van der Waals surface area contributed by atoms with Crippen LogP contribution < -0.4 is 4.72 Å². The quantitative estimate of drug-likeness (QED) is 0.844. The van der Waals surface area contributed by atoms with E-state index in [1.807, 2.05) is 0 Å². The zero-order valence-corrected chi connectivity index (χ0v) is 9.40. The number of sulfonamides is 1. The fourth-order valence-corrected chi connectivity index (χ4v) is 2.22. The first-order chi connectivity index (χ1) is 7.85. The summed E-state index contributed by atoms with van der Waals surface area (Å²) in [7, 11) is -3.97. The van der Waals surface area contributed by atoms with Gasteiger partial charge in [-0.25, -0.2) is 21.6 Å². The lowest BCUT2D eigenvalue weighted by atomic mass is 10.3. The van der Waals surface area contributed by atoms with Crippen LogP contribution in [0, 0.1) is 17.5 Å². The summed E-state index contributed by atoms with van der Waals surface area (Å²) in [4.78, 5) is 0. The Kier molecular flexibility index (Phi) is 4.35. The highest BCUT2D eigenvalue weighted by molar-refractivity contribution is 7.92. The Labute approximate surface area is 96.1 Å². The fraction of sp³-hybridized carbons (Fsp3) is 0.333. The summed E-state index contributed by atoms with van der Waals surface area (Å²) in [6.45, 7) is -0.366. The molecule has 0 spiro atoms. The molecule has 0 radical (unpaired) electrons. The van der Waals surface area contributed by atoms with Crippen molar-refractivity contribution in [1.29, 1.82) is 0 Å². The van der Waals surface area contributed by atoms with E-state index >= 15 is 0 Å². The van der Waals surface area contributed by atoms with Crippen molar-refractivity contribution in [3.8, 4) is 0 Å². The van der Waals surface area contributed by atoms with Gasteiger partial charge in [-0.05, 0) is 6.42 Å². The third-order valence-electron chi connectivity index (χ3n) is 1.84.